The molecule has 0 N–H and O–H groups in total. The topological polar surface area (TPSA) is 27.7 Å². The third-order valence-electron chi connectivity index (χ3n) is 2.46. The summed E-state index contributed by atoms with van der Waals surface area (Å²) in [6.07, 6.45) is 0. The van der Waals surface area contributed by atoms with Crippen LogP contribution in [0.1, 0.15) is 0 Å². The Balaban J connectivity index is 2.63. The molecule has 0 heterocycles. The van der Waals surface area contributed by atoms with Crippen molar-refractivity contribution in [3.63, 3.8) is 0 Å². The van der Waals surface area contributed by atoms with Crippen molar-refractivity contribution in [2.24, 2.45) is 0 Å². The zero-order valence-electron chi connectivity index (χ0n) is 9.70. The van der Waals surface area contributed by atoms with Crippen LogP contribution in [0.15, 0.2) is 34.8 Å². The molecule has 2 aromatic rings. The van der Waals surface area contributed by atoms with Gasteiger partial charge in [-0.1, -0.05) is 28.1 Å². The molecule has 0 bridgehead atoms. The standard InChI is InChI=1S/C13H13BrO3/c1-15-8-17-12-5-3-4-9-10(14)6-7-11(16-2)13(9)12/h3-7H,8H2,1-2H3. The molecular weight excluding hydrogens is 284 g/mol. The lowest BCUT2D eigenvalue weighted by atomic mass is 10.1. The Morgan fingerprint density at radius 3 is 2.59 bits per heavy atom. The Hall–Kier alpha value is -1.26. The molecule has 0 aliphatic heterocycles. The smallest absolute Gasteiger partial charge is 0.188 e. The number of benzene rings is 2. The fourth-order valence-electron chi connectivity index (χ4n) is 1.72. The van der Waals surface area contributed by atoms with Crippen molar-refractivity contribution in [1.29, 1.82) is 0 Å². The monoisotopic (exact) mass is 296 g/mol. The van der Waals surface area contributed by atoms with Gasteiger partial charge >= 0.3 is 0 Å². The summed E-state index contributed by atoms with van der Waals surface area (Å²) in [7, 11) is 3.24. The molecule has 0 radical (unpaired) electrons. The first-order valence-electron chi connectivity index (χ1n) is 5.15. The number of hydrogen-bond donors (Lipinski definition) is 0. The van der Waals surface area contributed by atoms with E-state index in [1.165, 1.54) is 0 Å². The van der Waals surface area contributed by atoms with Crippen LogP contribution in [0.5, 0.6) is 11.5 Å². The molecule has 0 saturated carbocycles. The van der Waals surface area contributed by atoms with Crippen LogP contribution in [0.4, 0.5) is 0 Å². The van der Waals surface area contributed by atoms with Gasteiger partial charge < -0.3 is 14.2 Å². The first-order chi connectivity index (χ1) is 8.27. The predicted octanol–water partition coefficient (Wildman–Crippen LogP) is 3.59. The van der Waals surface area contributed by atoms with Gasteiger partial charge in [-0.25, -0.2) is 0 Å². The van der Waals surface area contributed by atoms with Crippen molar-refractivity contribution in [3.05, 3.63) is 34.8 Å². The molecule has 90 valence electrons. The molecule has 0 aromatic heterocycles. The van der Waals surface area contributed by atoms with E-state index in [2.05, 4.69) is 15.9 Å². The van der Waals surface area contributed by atoms with Gasteiger partial charge in [-0.05, 0) is 18.2 Å². The maximum absolute atomic E-state index is 5.54. The zero-order valence-corrected chi connectivity index (χ0v) is 11.3. The van der Waals surface area contributed by atoms with Crippen LogP contribution in [0.25, 0.3) is 10.8 Å². The van der Waals surface area contributed by atoms with E-state index >= 15 is 0 Å². The van der Waals surface area contributed by atoms with E-state index in [-0.39, 0.29) is 6.79 Å². The van der Waals surface area contributed by atoms with Crippen molar-refractivity contribution < 1.29 is 14.2 Å². The number of ether oxygens (including phenoxy) is 3. The third kappa shape index (κ3) is 2.37. The average Bonchev–Trinajstić information content (AvgIpc) is 2.37. The highest BCUT2D eigenvalue weighted by Gasteiger charge is 2.10. The highest BCUT2D eigenvalue weighted by molar-refractivity contribution is 9.10. The summed E-state index contributed by atoms with van der Waals surface area (Å²) in [5.74, 6) is 1.54. The number of rotatable bonds is 4. The van der Waals surface area contributed by atoms with E-state index in [0.717, 1.165) is 26.7 Å². The Bertz CT molecular complexity index is 525. The van der Waals surface area contributed by atoms with Gasteiger partial charge in [-0.2, -0.15) is 0 Å². The first kappa shape index (κ1) is 12.2. The van der Waals surface area contributed by atoms with Crippen LogP contribution in [0.3, 0.4) is 0 Å². The van der Waals surface area contributed by atoms with Gasteiger partial charge in [0.05, 0.1) is 12.5 Å². The maximum atomic E-state index is 5.54. The van der Waals surface area contributed by atoms with Gasteiger partial charge in [0.1, 0.15) is 11.5 Å². The molecule has 0 aliphatic rings. The second kappa shape index (κ2) is 5.38. The van der Waals surface area contributed by atoms with E-state index in [1.54, 1.807) is 14.2 Å². The SMILES string of the molecule is COCOc1cccc2c(Br)ccc(OC)c12. The van der Waals surface area contributed by atoms with E-state index in [1.807, 2.05) is 30.3 Å². The summed E-state index contributed by atoms with van der Waals surface area (Å²) in [4.78, 5) is 0. The third-order valence-corrected chi connectivity index (χ3v) is 3.15. The van der Waals surface area contributed by atoms with E-state index in [0.29, 0.717) is 0 Å². The second-order valence-corrected chi connectivity index (χ2v) is 4.33. The average molecular weight is 297 g/mol. The largest absolute Gasteiger partial charge is 0.496 e. The molecule has 0 fully saturated rings. The molecule has 2 aromatic carbocycles. The molecule has 2 rings (SSSR count). The summed E-state index contributed by atoms with van der Waals surface area (Å²) in [5.41, 5.74) is 0. The van der Waals surface area contributed by atoms with Gasteiger partial charge in [0, 0.05) is 17.0 Å². The normalized spacial score (nSPS) is 10.5. The van der Waals surface area contributed by atoms with Gasteiger partial charge in [-0.3, -0.25) is 0 Å². The van der Waals surface area contributed by atoms with Gasteiger partial charge in [0.2, 0.25) is 0 Å². The predicted molar refractivity (Wildman–Crippen MR) is 70.7 cm³/mol. The Kier molecular flexibility index (Phi) is 3.86. The van der Waals surface area contributed by atoms with Gasteiger partial charge in [-0.15, -0.1) is 0 Å². The van der Waals surface area contributed by atoms with Crippen molar-refractivity contribution in [1.82, 2.24) is 0 Å². The number of methoxy groups -OCH3 is 2. The molecule has 17 heavy (non-hydrogen) atoms. The molecule has 3 nitrogen and oxygen atoms in total. The summed E-state index contributed by atoms with van der Waals surface area (Å²) in [6, 6.07) is 9.72. The first-order valence-corrected chi connectivity index (χ1v) is 5.94. The van der Waals surface area contributed by atoms with Crippen LogP contribution in [0.2, 0.25) is 0 Å². The van der Waals surface area contributed by atoms with Crippen molar-refractivity contribution in [2.75, 3.05) is 21.0 Å². The molecular formula is C13H13BrO3. The highest BCUT2D eigenvalue weighted by atomic mass is 79.9. The van der Waals surface area contributed by atoms with E-state index in [9.17, 15) is 0 Å². The number of fused-ring (bicyclic) bond motifs is 1. The highest BCUT2D eigenvalue weighted by Crippen LogP contribution is 2.37. The zero-order chi connectivity index (χ0) is 12.3. The maximum Gasteiger partial charge on any atom is 0.188 e. The van der Waals surface area contributed by atoms with E-state index < -0.39 is 0 Å². The quantitative estimate of drug-likeness (QED) is 0.807. The van der Waals surface area contributed by atoms with Crippen LogP contribution in [-0.4, -0.2) is 21.0 Å². The Morgan fingerprint density at radius 1 is 1.06 bits per heavy atom. The minimum absolute atomic E-state index is 0.217. The minimum Gasteiger partial charge on any atom is -0.496 e. The molecule has 0 saturated heterocycles. The Labute approximate surface area is 108 Å². The van der Waals surface area contributed by atoms with Crippen molar-refractivity contribution in [3.8, 4) is 11.5 Å². The molecule has 4 heteroatoms. The molecule has 0 atom stereocenters. The van der Waals surface area contributed by atoms with Crippen molar-refractivity contribution >= 4 is 26.7 Å². The summed E-state index contributed by atoms with van der Waals surface area (Å²) in [5, 5.41) is 2.00. The van der Waals surface area contributed by atoms with Gasteiger partial charge in [0.25, 0.3) is 0 Å². The molecule has 0 aliphatic carbocycles. The van der Waals surface area contributed by atoms with E-state index in [4.69, 9.17) is 14.2 Å². The fraction of sp³-hybridized carbons (Fsp3) is 0.231. The minimum atomic E-state index is 0.217. The summed E-state index contributed by atoms with van der Waals surface area (Å²) < 4.78 is 16.8. The lowest BCUT2D eigenvalue weighted by Gasteiger charge is -2.12. The van der Waals surface area contributed by atoms with Crippen LogP contribution < -0.4 is 9.47 Å². The second-order valence-electron chi connectivity index (χ2n) is 3.48. The van der Waals surface area contributed by atoms with Crippen molar-refractivity contribution in [2.45, 2.75) is 0 Å². The van der Waals surface area contributed by atoms with Crippen LogP contribution >= 0.6 is 15.9 Å². The summed E-state index contributed by atoms with van der Waals surface area (Å²) in [6.45, 7) is 0.217. The summed E-state index contributed by atoms with van der Waals surface area (Å²) >= 11 is 3.52. The van der Waals surface area contributed by atoms with Gasteiger partial charge in [0.15, 0.2) is 6.79 Å². The number of hydrogen-bond acceptors (Lipinski definition) is 3. The lowest BCUT2D eigenvalue weighted by molar-refractivity contribution is 0.0521. The van der Waals surface area contributed by atoms with Crippen LogP contribution in [-0.2, 0) is 4.74 Å². The number of halogens is 1. The molecule has 0 unspecified atom stereocenters. The molecule has 0 spiro atoms. The molecule has 0 amide bonds. The lowest BCUT2D eigenvalue weighted by Crippen LogP contribution is -2.00. The fourth-order valence-corrected chi connectivity index (χ4v) is 2.18. The van der Waals surface area contributed by atoms with Crippen LogP contribution in [0, 0.1) is 0 Å². The Morgan fingerprint density at radius 2 is 1.88 bits per heavy atom.